The van der Waals surface area contributed by atoms with Crippen LogP contribution in [0.2, 0.25) is 0 Å². The molecule has 0 radical (unpaired) electrons. The summed E-state index contributed by atoms with van der Waals surface area (Å²) in [7, 11) is -1.65. The van der Waals surface area contributed by atoms with Crippen molar-refractivity contribution in [1.29, 1.82) is 0 Å². The second-order valence-electron chi connectivity index (χ2n) is 6.83. The quantitative estimate of drug-likeness (QED) is 0.810. The van der Waals surface area contributed by atoms with E-state index in [1.807, 2.05) is 12.1 Å². The number of hydrogen-bond donors (Lipinski definition) is 1. The Morgan fingerprint density at radius 3 is 2.31 bits per heavy atom. The van der Waals surface area contributed by atoms with Crippen LogP contribution in [-0.4, -0.2) is 75.0 Å². The van der Waals surface area contributed by atoms with Crippen molar-refractivity contribution >= 4 is 33.2 Å². The van der Waals surface area contributed by atoms with Crippen molar-refractivity contribution in [3.8, 4) is 0 Å². The molecule has 0 saturated carbocycles. The number of nitrogens with zero attached hydrogens (tertiary/aromatic N) is 3. The first-order valence-corrected chi connectivity index (χ1v) is 10.5. The van der Waals surface area contributed by atoms with Gasteiger partial charge in [0, 0.05) is 44.0 Å². The van der Waals surface area contributed by atoms with Crippen LogP contribution in [-0.2, 0) is 19.6 Å². The highest BCUT2D eigenvalue weighted by atomic mass is 32.2. The molecule has 0 aromatic heterocycles. The molecule has 0 aliphatic carbocycles. The number of hydrogen-bond acceptors (Lipinski definition) is 6. The number of anilines is 2. The highest BCUT2D eigenvalue weighted by Crippen LogP contribution is 2.24. The van der Waals surface area contributed by atoms with Crippen LogP contribution in [0, 0.1) is 0 Å². The lowest BCUT2D eigenvalue weighted by Crippen LogP contribution is -2.44. The summed E-state index contributed by atoms with van der Waals surface area (Å²) in [5.74, 6) is -1.01. The Balaban J connectivity index is 1.65. The molecule has 2 fully saturated rings. The van der Waals surface area contributed by atoms with E-state index in [1.54, 1.807) is 12.1 Å². The highest BCUT2D eigenvalue weighted by Gasteiger charge is 2.41. The normalized spacial score (nSPS) is 21.9. The molecule has 1 atom stereocenters. The monoisotopic (exact) mass is 380 g/mol. The molecule has 2 saturated heterocycles. The second-order valence-corrected chi connectivity index (χ2v) is 8.69. The zero-order valence-corrected chi connectivity index (χ0v) is 15.8. The third-order valence-electron chi connectivity index (χ3n) is 4.82. The molecule has 8 nitrogen and oxygen atoms in total. The van der Waals surface area contributed by atoms with Gasteiger partial charge in [0.05, 0.1) is 6.26 Å². The van der Waals surface area contributed by atoms with Gasteiger partial charge in [0.1, 0.15) is 6.04 Å². The molecular formula is C17H24N4O4S. The van der Waals surface area contributed by atoms with Gasteiger partial charge < -0.3 is 15.1 Å². The Bertz CT molecular complexity index is 785. The molecule has 1 unspecified atom stereocenters. The van der Waals surface area contributed by atoms with Gasteiger partial charge in [0.2, 0.25) is 21.8 Å². The number of carbonyl (C=O) groups is 2. The van der Waals surface area contributed by atoms with Gasteiger partial charge in [0.25, 0.3) is 0 Å². The van der Waals surface area contributed by atoms with Crippen LogP contribution in [0.15, 0.2) is 24.3 Å². The first-order chi connectivity index (χ1) is 12.3. The fourth-order valence-electron chi connectivity index (χ4n) is 3.36. The van der Waals surface area contributed by atoms with Crippen LogP contribution < -0.4 is 10.2 Å². The van der Waals surface area contributed by atoms with Crippen molar-refractivity contribution in [2.45, 2.75) is 18.9 Å². The van der Waals surface area contributed by atoms with Crippen molar-refractivity contribution in [2.75, 3.05) is 49.7 Å². The number of piperazine rings is 1. The predicted octanol–water partition coefficient (Wildman–Crippen LogP) is 0.328. The molecular weight excluding hydrogens is 356 g/mol. The van der Waals surface area contributed by atoms with E-state index in [-0.39, 0.29) is 12.8 Å². The lowest BCUT2D eigenvalue weighted by molar-refractivity contribution is -0.128. The zero-order valence-electron chi connectivity index (χ0n) is 15.0. The summed E-state index contributed by atoms with van der Waals surface area (Å²) in [6, 6.07) is 6.50. The smallest absolute Gasteiger partial charge is 0.248 e. The first-order valence-electron chi connectivity index (χ1n) is 8.62. The van der Waals surface area contributed by atoms with E-state index in [9.17, 15) is 18.0 Å². The molecule has 2 heterocycles. The summed E-state index contributed by atoms with van der Waals surface area (Å²) in [6.07, 6.45) is 1.21. The van der Waals surface area contributed by atoms with Gasteiger partial charge in [-0.25, -0.2) is 12.7 Å². The van der Waals surface area contributed by atoms with Crippen molar-refractivity contribution < 1.29 is 18.0 Å². The first kappa shape index (κ1) is 18.7. The van der Waals surface area contributed by atoms with Gasteiger partial charge in [0.15, 0.2) is 0 Å². The molecule has 0 spiro atoms. The maximum atomic E-state index is 12.5. The van der Waals surface area contributed by atoms with Crippen molar-refractivity contribution in [1.82, 2.24) is 9.21 Å². The number of nitrogens with one attached hydrogen (secondary N) is 1. The highest BCUT2D eigenvalue weighted by molar-refractivity contribution is 7.89. The van der Waals surface area contributed by atoms with E-state index < -0.39 is 27.9 Å². The second kappa shape index (κ2) is 7.24. The van der Waals surface area contributed by atoms with Gasteiger partial charge in [-0.05, 0) is 37.7 Å². The van der Waals surface area contributed by atoms with Gasteiger partial charge in [-0.1, -0.05) is 0 Å². The van der Waals surface area contributed by atoms with Crippen LogP contribution in [0.1, 0.15) is 12.8 Å². The average molecular weight is 380 g/mol. The molecule has 1 aromatic carbocycles. The molecule has 142 valence electrons. The van der Waals surface area contributed by atoms with E-state index in [1.165, 1.54) is 0 Å². The van der Waals surface area contributed by atoms with Crippen molar-refractivity contribution in [3.05, 3.63) is 24.3 Å². The lowest BCUT2D eigenvalue weighted by atomic mass is 10.2. The summed E-state index contributed by atoms with van der Waals surface area (Å²) < 4.78 is 24.2. The topological polar surface area (TPSA) is 90.0 Å². The summed E-state index contributed by atoms with van der Waals surface area (Å²) in [5, 5.41) is 2.72. The Hall–Kier alpha value is -2.13. The summed E-state index contributed by atoms with van der Waals surface area (Å²) in [4.78, 5) is 28.8. The number of benzene rings is 1. The predicted molar refractivity (Wildman–Crippen MR) is 99.5 cm³/mol. The maximum Gasteiger partial charge on any atom is 0.248 e. The van der Waals surface area contributed by atoms with Gasteiger partial charge in [-0.2, -0.15) is 0 Å². The van der Waals surface area contributed by atoms with Crippen LogP contribution in [0.3, 0.4) is 0 Å². The molecule has 2 aliphatic rings. The van der Waals surface area contributed by atoms with Gasteiger partial charge in [-0.3, -0.25) is 9.59 Å². The molecule has 26 heavy (non-hydrogen) atoms. The van der Waals surface area contributed by atoms with E-state index in [0.717, 1.165) is 38.1 Å². The Morgan fingerprint density at radius 2 is 1.73 bits per heavy atom. The fourth-order valence-corrected chi connectivity index (χ4v) is 4.49. The molecule has 9 heteroatoms. The third kappa shape index (κ3) is 3.99. The molecule has 3 rings (SSSR count). The fraction of sp³-hybridized carbons (Fsp3) is 0.529. The summed E-state index contributed by atoms with van der Waals surface area (Å²) >= 11 is 0. The number of amides is 2. The van der Waals surface area contributed by atoms with E-state index >= 15 is 0 Å². The minimum absolute atomic E-state index is 0.0630. The Kier molecular flexibility index (Phi) is 5.19. The molecule has 2 amide bonds. The van der Waals surface area contributed by atoms with E-state index in [0.29, 0.717) is 9.99 Å². The third-order valence-corrected chi connectivity index (χ3v) is 6.00. The molecule has 1 N–H and O–H groups in total. The van der Waals surface area contributed by atoms with Crippen LogP contribution in [0.5, 0.6) is 0 Å². The largest absolute Gasteiger partial charge is 0.369 e. The molecule has 2 aliphatic heterocycles. The number of sulfonamides is 1. The number of likely N-dealkylation sites (N-methyl/N-ethyl adjacent to an activating group) is 1. The number of rotatable bonds is 4. The van der Waals surface area contributed by atoms with Crippen molar-refractivity contribution in [2.24, 2.45) is 0 Å². The van der Waals surface area contributed by atoms with Crippen molar-refractivity contribution in [3.63, 3.8) is 0 Å². The Morgan fingerprint density at radius 1 is 1.12 bits per heavy atom. The Labute approximate surface area is 153 Å². The van der Waals surface area contributed by atoms with E-state index in [2.05, 4.69) is 22.2 Å². The SMILES string of the molecule is CN1CCN(c2ccc(NC(=O)C3CCC(=O)N3S(C)(=O)=O)cc2)CC1. The van der Waals surface area contributed by atoms with E-state index in [4.69, 9.17) is 0 Å². The lowest BCUT2D eigenvalue weighted by Gasteiger charge is -2.34. The number of carbonyl (C=O) groups excluding carboxylic acids is 2. The van der Waals surface area contributed by atoms with Gasteiger partial charge in [-0.15, -0.1) is 0 Å². The molecule has 0 bridgehead atoms. The van der Waals surface area contributed by atoms with Crippen LogP contribution in [0.4, 0.5) is 11.4 Å². The standard InChI is InChI=1S/C17H24N4O4S/c1-19-9-11-20(12-10-19)14-5-3-13(4-6-14)18-17(23)15-7-8-16(22)21(15)26(2,24)25/h3-6,15H,7-12H2,1-2H3,(H,18,23). The molecule has 1 aromatic rings. The minimum atomic E-state index is -3.75. The minimum Gasteiger partial charge on any atom is -0.369 e. The summed E-state index contributed by atoms with van der Waals surface area (Å²) in [6.45, 7) is 3.93. The maximum absolute atomic E-state index is 12.5. The summed E-state index contributed by atoms with van der Waals surface area (Å²) in [5.41, 5.74) is 1.67. The van der Waals surface area contributed by atoms with Crippen LogP contribution in [0.25, 0.3) is 0 Å². The van der Waals surface area contributed by atoms with Crippen LogP contribution >= 0.6 is 0 Å². The average Bonchev–Trinajstić information content (AvgIpc) is 2.98. The van der Waals surface area contributed by atoms with Gasteiger partial charge >= 0.3 is 0 Å². The zero-order chi connectivity index (χ0) is 18.9.